The predicted octanol–water partition coefficient (Wildman–Crippen LogP) is 6.73. The highest BCUT2D eigenvalue weighted by Gasteiger charge is 2.50. The minimum Gasteiger partial charge on any atom is -0.464 e. The largest absolute Gasteiger partial charge is 0.464 e. The zero-order chi connectivity index (χ0) is 51.0. The van der Waals surface area contributed by atoms with E-state index in [1.807, 2.05) is 18.5 Å². The molecule has 4 saturated heterocycles. The van der Waals surface area contributed by atoms with Crippen LogP contribution in [0.15, 0.2) is 35.8 Å². The highest BCUT2D eigenvalue weighted by molar-refractivity contribution is 7.10. The number of anilines is 1. The molecule has 2 N–H and O–H groups in total. The van der Waals surface area contributed by atoms with Gasteiger partial charge in [-0.3, -0.25) is 29.3 Å². The van der Waals surface area contributed by atoms with E-state index < -0.39 is 29.6 Å². The summed E-state index contributed by atoms with van der Waals surface area (Å²) in [6.07, 6.45) is 5.29. The van der Waals surface area contributed by atoms with E-state index in [1.54, 1.807) is 7.11 Å². The first-order chi connectivity index (χ1) is 35.3. The molecule has 17 nitrogen and oxygen atoms in total. The van der Waals surface area contributed by atoms with Gasteiger partial charge in [0.15, 0.2) is 0 Å². The molecule has 0 spiro atoms. The monoisotopic (exact) mass is 1020 g/mol. The molecule has 6 aliphatic rings. The van der Waals surface area contributed by atoms with Gasteiger partial charge in [-0.2, -0.15) is 0 Å². The number of benzene rings is 1. The number of methoxy groups -OCH3 is 1. The molecule has 10 rings (SSSR count). The van der Waals surface area contributed by atoms with Crippen LogP contribution >= 0.6 is 11.3 Å². The Kier molecular flexibility index (Phi) is 15.9. The maximum Gasteiger partial charge on any atom is 0.324 e. The third-order valence-corrected chi connectivity index (χ3v) is 17.2. The SMILES string of the molecule is CCO[C@@H]1c2nc(cs2)-c2ccc3c(c2)c(c(-c2cc(N4CCCN(C5COC5)CC4)cnc2[C@H](C)OC)n3CCOC2CCOCC2)CC(C)(C)COC(=O)[C@@H]2CCCN(N2)C(=O)[C@H]1NC(=O)C1[C@@H](C)[C@H]1C. The minimum atomic E-state index is -1.10. The van der Waals surface area contributed by atoms with Crippen LogP contribution < -0.4 is 15.6 Å². The van der Waals surface area contributed by atoms with Gasteiger partial charge < -0.3 is 43.2 Å². The third-order valence-electron chi connectivity index (χ3n) is 16.3. The van der Waals surface area contributed by atoms with Gasteiger partial charge in [0.1, 0.15) is 23.2 Å². The minimum absolute atomic E-state index is 0.118. The van der Waals surface area contributed by atoms with E-state index in [1.165, 1.54) is 16.3 Å². The molecule has 1 aromatic carbocycles. The van der Waals surface area contributed by atoms with Gasteiger partial charge in [-0.05, 0) is 88.0 Å². The van der Waals surface area contributed by atoms with Gasteiger partial charge in [-0.1, -0.05) is 33.8 Å². The fraction of sp³-hybridized carbons (Fsp3) is 0.655. The lowest BCUT2D eigenvalue weighted by atomic mass is 9.84. The number of nitrogens with zero attached hydrogens (tertiary/aromatic N) is 6. The Bertz CT molecular complexity index is 2600. The van der Waals surface area contributed by atoms with Crippen LogP contribution in [-0.4, -0.2) is 153 Å². The molecular formula is C55H76N8O9S. The van der Waals surface area contributed by atoms with Gasteiger partial charge in [0, 0.05) is 105 Å². The Balaban J connectivity index is 1.12. The van der Waals surface area contributed by atoms with Crippen molar-refractivity contribution in [2.75, 3.05) is 91.0 Å². The molecule has 8 heterocycles. The standard InChI is InChI=1S/C55H76N8O9S/c1-8-70-50-48(58-51(64)46-33(2)34(46)3)53(65)63-18-9-11-43(59-63)54(66)72-32-55(5,6)27-42-40-25-36(44-31-73-52(50)57-44)12-13-45(40)62(21-24-71-39-14-22-68-23-15-39)49(42)41-26-37(28-56-47(41)35(4)67-7)60-16-10-17-61(20-19-60)38-29-69-30-38/h12-13,25-26,28,31,33-35,38-39,43,46,48,50,59H,8-11,14-24,27,29-30,32H2,1-7H3,(H,58,64)/t33-,34+,35-,43-,46?,48-,50-/m0/s1. The second kappa shape index (κ2) is 22.4. The topological polar surface area (TPSA) is 171 Å². The lowest BCUT2D eigenvalue weighted by Gasteiger charge is -2.37. The summed E-state index contributed by atoms with van der Waals surface area (Å²) in [4.78, 5) is 58.5. The van der Waals surface area contributed by atoms with Crippen LogP contribution in [0.2, 0.25) is 0 Å². The predicted molar refractivity (Wildman–Crippen MR) is 279 cm³/mol. The van der Waals surface area contributed by atoms with E-state index in [2.05, 4.69) is 84.0 Å². The average molecular weight is 1030 g/mol. The molecule has 3 aromatic heterocycles. The van der Waals surface area contributed by atoms with Crippen molar-refractivity contribution in [1.29, 1.82) is 0 Å². The normalized spacial score (nSPS) is 27.0. The van der Waals surface area contributed by atoms with Crippen LogP contribution in [0.1, 0.15) is 102 Å². The van der Waals surface area contributed by atoms with Gasteiger partial charge in [-0.25, -0.2) is 10.4 Å². The molecule has 1 aliphatic carbocycles. The van der Waals surface area contributed by atoms with E-state index in [-0.39, 0.29) is 55.0 Å². The van der Waals surface area contributed by atoms with Gasteiger partial charge in [-0.15, -0.1) is 11.3 Å². The Hall–Kier alpha value is -4.53. The summed E-state index contributed by atoms with van der Waals surface area (Å²) in [7, 11) is 1.73. The molecule has 73 heavy (non-hydrogen) atoms. The molecule has 4 aromatic rings. The lowest BCUT2D eigenvalue weighted by molar-refractivity contribution is -0.156. The van der Waals surface area contributed by atoms with Gasteiger partial charge in [0.2, 0.25) is 5.91 Å². The van der Waals surface area contributed by atoms with Crippen LogP contribution in [-0.2, 0) is 55.8 Å². The molecule has 7 atom stereocenters. The summed E-state index contributed by atoms with van der Waals surface area (Å²) in [6.45, 7) is 20.9. The van der Waals surface area contributed by atoms with Crippen molar-refractivity contribution in [3.63, 3.8) is 0 Å². The van der Waals surface area contributed by atoms with E-state index in [4.69, 9.17) is 38.4 Å². The molecule has 0 radical (unpaired) electrons. The molecule has 396 valence electrons. The van der Waals surface area contributed by atoms with Crippen LogP contribution in [0.5, 0.6) is 0 Å². The maximum absolute atomic E-state index is 14.8. The first-order valence-electron chi connectivity index (χ1n) is 26.9. The van der Waals surface area contributed by atoms with Crippen molar-refractivity contribution < 1.29 is 42.8 Å². The first kappa shape index (κ1) is 51.9. The van der Waals surface area contributed by atoms with E-state index >= 15 is 0 Å². The summed E-state index contributed by atoms with van der Waals surface area (Å²) in [5.74, 6) is -0.803. The number of carbonyl (C=O) groups excluding carboxylic acids is 3. The first-order valence-corrected chi connectivity index (χ1v) is 27.8. The van der Waals surface area contributed by atoms with Crippen molar-refractivity contribution in [3.8, 4) is 22.5 Å². The number of thiazole rings is 1. The quantitative estimate of drug-likeness (QED) is 0.135. The number of esters is 1. The van der Waals surface area contributed by atoms with Crippen molar-refractivity contribution in [1.82, 2.24) is 35.2 Å². The smallest absolute Gasteiger partial charge is 0.324 e. The van der Waals surface area contributed by atoms with E-state index in [0.717, 1.165) is 109 Å². The van der Waals surface area contributed by atoms with Crippen molar-refractivity contribution in [2.45, 2.75) is 123 Å². The number of hydrogen-bond acceptors (Lipinski definition) is 15. The number of ether oxygens (including phenoxy) is 6. The van der Waals surface area contributed by atoms with E-state index in [0.29, 0.717) is 63.2 Å². The summed E-state index contributed by atoms with van der Waals surface area (Å²) in [6, 6.07) is 7.47. The summed E-state index contributed by atoms with van der Waals surface area (Å²) in [5, 5.41) is 8.23. The van der Waals surface area contributed by atoms with Gasteiger partial charge >= 0.3 is 5.97 Å². The number of nitrogens with one attached hydrogen (secondary N) is 2. The van der Waals surface area contributed by atoms with Crippen LogP contribution in [0.25, 0.3) is 33.4 Å². The molecular weight excluding hydrogens is 949 g/mol. The van der Waals surface area contributed by atoms with Crippen LogP contribution in [0, 0.1) is 23.2 Å². The Morgan fingerprint density at radius 3 is 2.55 bits per heavy atom. The number of pyridine rings is 1. The molecule has 5 aliphatic heterocycles. The van der Waals surface area contributed by atoms with Crippen LogP contribution in [0.3, 0.4) is 0 Å². The maximum atomic E-state index is 14.8. The van der Waals surface area contributed by atoms with Gasteiger partial charge in [0.25, 0.3) is 5.91 Å². The summed E-state index contributed by atoms with van der Waals surface area (Å²) >= 11 is 1.41. The Labute approximate surface area is 433 Å². The average Bonchev–Trinajstić information content (AvgIpc) is 3.65. The second-order valence-electron chi connectivity index (χ2n) is 21.9. The van der Waals surface area contributed by atoms with Gasteiger partial charge in [0.05, 0.1) is 73.6 Å². The van der Waals surface area contributed by atoms with Crippen molar-refractivity contribution in [2.24, 2.45) is 23.2 Å². The zero-order valence-electron chi connectivity index (χ0n) is 43.9. The highest BCUT2D eigenvalue weighted by atomic mass is 32.1. The lowest BCUT2D eigenvalue weighted by Crippen LogP contribution is -2.61. The number of rotatable bonds is 13. The fourth-order valence-electron chi connectivity index (χ4n) is 11.6. The van der Waals surface area contributed by atoms with Crippen LogP contribution in [0.4, 0.5) is 5.69 Å². The molecule has 1 saturated carbocycles. The molecule has 2 amide bonds. The van der Waals surface area contributed by atoms with Crippen molar-refractivity contribution in [3.05, 3.63) is 52.1 Å². The molecule has 5 fully saturated rings. The summed E-state index contributed by atoms with van der Waals surface area (Å²) in [5.41, 5.74) is 10.3. The molecule has 6 bridgehead atoms. The highest BCUT2D eigenvalue weighted by Crippen LogP contribution is 2.46. The third kappa shape index (κ3) is 11.1. The Morgan fingerprint density at radius 1 is 1.00 bits per heavy atom. The zero-order valence-corrected chi connectivity index (χ0v) is 44.7. The Morgan fingerprint density at radius 2 is 1.81 bits per heavy atom. The molecule has 1 unspecified atom stereocenters. The summed E-state index contributed by atoms with van der Waals surface area (Å²) < 4.78 is 39.2. The second-order valence-corrected chi connectivity index (χ2v) is 22.8. The molecule has 18 heteroatoms. The number of hydrogen-bond donors (Lipinski definition) is 2. The number of carbonyl (C=O) groups is 3. The number of cyclic esters (lactones) is 1. The number of aromatic nitrogens is 3. The van der Waals surface area contributed by atoms with E-state index in [9.17, 15) is 14.4 Å². The fourth-order valence-corrected chi connectivity index (χ4v) is 12.5. The number of fused-ring (bicyclic) bond motifs is 6. The van der Waals surface area contributed by atoms with Crippen molar-refractivity contribution >= 4 is 45.7 Å². The number of amides is 2. The number of hydrazine groups is 1.